The second kappa shape index (κ2) is 7.87. The molecule has 1 aromatic heterocycles. The van der Waals surface area contributed by atoms with E-state index in [0.717, 1.165) is 23.1 Å². The smallest absolute Gasteiger partial charge is 0.246 e. The Labute approximate surface area is 181 Å². The van der Waals surface area contributed by atoms with Gasteiger partial charge in [0.15, 0.2) is 0 Å². The standard InChI is InChI=1S/C21H33N3O2S2Si/c1-21(2,3)29(6,7)20-22-15-18(24(20)28(25,26)23(4)5)14-16-10-11-19-17(13-16)9-8-12-27-19/h10-11,13,15H,8-9,12,14H2,1-7H3. The van der Waals surface area contributed by atoms with E-state index in [-0.39, 0.29) is 5.04 Å². The summed E-state index contributed by atoms with van der Waals surface area (Å²) < 4.78 is 29.4. The average Bonchev–Trinajstić information content (AvgIpc) is 3.05. The van der Waals surface area contributed by atoms with Crippen LogP contribution in [0.4, 0.5) is 0 Å². The number of thioether (sulfide) groups is 1. The van der Waals surface area contributed by atoms with Crippen LogP contribution in [0.1, 0.15) is 44.0 Å². The summed E-state index contributed by atoms with van der Waals surface area (Å²) in [4.78, 5) is 6.06. The summed E-state index contributed by atoms with van der Waals surface area (Å²) in [5.74, 6) is 1.18. The Bertz CT molecular complexity index is 1010. The zero-order chi connectivity index (χ0) is 21.6. The van der Waals surface area contributed by atoms with Gasteiger partial charge in [0, 0.05) is 31.6 Å². The van der Waals surface area contributed by atoms with Gasteiger partial charge in [-0.3, -0.25) is 0 Å². The molecule has 0 atom stereocenters. The van der Waals surface area contributed by atoms with Crippen molar-refractivity contribution >= 4 is 35.5 Å². The Morgan fingerprint density at radius 3 is 2.55 bits per heavy atom. The molecule has 2 heterocycles. The summed E-state index contributed by atoms with van der Waals surface area (Å²) >= 11 is 1.91. The molecule has 3 rings (SSSR count). The van der Waals surface area contributed by atoms with Crippen LogP contribution >= 0.6 is 11.8 Å². The van der Waals surface area contributed by atoms with E-state index in [4.69, 9.17) is 4.98 Å². The fourth-order valence-corrected chi connectivity index (χ4v) is 8.16. The van der Waals surface area contributed by atoms with E-state index < -0.39 is 18.3 Å². The van der Waals surface area contributed by atoms with E-state index in [1.807, 2.05) is 11.8 Å². The number of imidazole rings is 1. The van der Waals surface area contributed by atoms with Crippen molar-refractivity contribution in [3.63, 3.8) is 0 Å². The monoisotopic (exact) mass is 451 g/mol. The van der Waals surface area contributed by atoms with Crippen molar-refractivity contribution in [2.45, 2.75) is 63.1 Å². The molecule has 0 fully saturated rings. The van der Waals surface area contributed by atoms with Crippen LogP contribution in [0.15, 0.2) is 29.3 Å². The summed E-state index contributed by atoms with van der Waals surface area (Å²) in [5.41, 5.74) is 3.98. The van der Waals surface area contributed by atoms with Crippen LogP contribution in [0.3, 0.4) is 0 Å². The van der Waals surface area contributed by atoms with E-state index >= 15 is 0 Å². The van der Waals surface area contributed by atoms with Gasteiger partial charge < -0.3 is 0 Å². The highest BCUT2D eigenvalue weighted by atomic mass is 32.2. The van der Waals surface area contributed by atoms with E-state index in [1.54, 1.807) is 20.3 Å². The number of fused-ring (bicyclic) bond motifs is 1. The van der Waals surface area contributed by atoms with Gasteiger partial charge in [-0.05, 0) is 40.8 Å². The Morgan fingerprint density at radius 2 is 1.93 bits per heavy atom. The van der Waals surface area contributed by atoms with Crippen LogP contribution in [-0.4, -0.2) is 49.6 Å². The molecule has 0 N–H and O–H groups in total. The number of rotatable bonds is 5. The number of hydrogen-bond acceptors (Lipinski definition) is 4. The van der Waals surface area contributed by atoms with Gasteiger partial charge in [0.2, 0.25) is 0 Å². The lowest BCUT2D eigenvalue weighted by Crippen LogP contribution is -2.56. The van der Waals surface area contributed by atoms with Gasteiger partial charge in [0.25, 0.3) is 0 Å². The van der Waals surface area contributed by atoms with Crippen molar-refractivity contribution in [2.75, 3.05) is 19.8 Å². The van der Waals surface area contributed by atoms with Crippen molar-refractivity contribution in [3.8, 4) is 0 Å². The van der Waals surface area contributed by atoms with Crippen LogP contribution in [-0.2, 0) is 23.1 Å². The van der Waals surface area contributed by atoms with E-state index in [2.05, 4.69) is 52.1 Å². The average molecular weight is 452 g/mol. The van der Waals surface area contributed by atoms with Gasteiger partial charge in [0.1, 0.15) is 13.5 Å². The molecular formula is C21H33N3O2S2Si. The molecule has 0 saturated carbocycles. The Morgan fingerprint density at radius 1 is 1.24 bits per heavy atom. The highest BCUT2D eigenvalue weighted by Crippen LogP contribution is 2.36. The van der Waals surface area contributed by atoms with Gasteiger partial charge in [-0.1, -0.05) is 46.0 Å². The van der Waals surface area contributed by atoms with Crippen molar-refractivity contribution in [1.82, 2.24) is 13.3 Å². The SMILES string of the molecule is CN(C)S(=O)(=O)n1c(Cc2ccc3c(c2)CCCS3)cnc1[Si](C)(C)C(C)(C)C. The lowest BCUT2D eigenvalue weighted by molar-refractivity contribution is 0.510. The highest BCUT2D eigenvalue weighted by molar-refractivity contribution is 7.99. The van der Waals surface area contributed by atoms with Crippen molar-refractivity contribution < 1.29 is 8.42 Å². The molecule has 160 valence electrons. The molecule has 0 saturated heterocycles. The van der Waals surface area contributed by atoms with Gasteiger partial charge in [-0.15, -0.1) is 11.8 Å². The van der Waals surface area contributed by atoms with Gasteiger partial charge in [-0.25, -0.2) is 8.96 Å². The quantitative estimate of drug-likeness (QED) is 0.647. The lowest BCUT2D eigenvalue weighted by Gasteiger charge is -2.36. The van der Waals surface area contributed by atoms with Gasteiger partial charge in [0.05, 0.1) is 5.69 Å². The molecule has 0 bridgehead atoms. The minimum Gasteiger partial charge on any atom is -0.246 e. The summed E-state index contributed by atoms with van der Waals surface area (Å²) in [7, 11) is -2.64. The Balaban J connectivity index is 2.10. The molecule has 0 amide bonds. The number of nitrogens with zero attached hydrogens (tertiary/aromatic N) is 3. The lowest BCUT2D eigenvalue weighted by atomic mass is 10.0. The number of aromatic nitrogens is 2. The van der Waals surface area contributed by atoms with Crippen molar-refractivity contribution in [2.24, 2.45) is 0 Å². The molecule has 8 heteroatoms. The molecule has 1 aliphatic heterocycles. The number of aryl methyl sites for hydroxylation is 1. The first-order valence-corrected chi connectivity index (χ1v) is 15.5. The maximum atomic E-state index is 13.3. The second-order valence-electron chi connectivity index (χ2n) is 9.57. The normalized spacial score (nSPS) is 15.6. The van der Waals surface area contributed by atoms with E-state index in [1.165, 1.54) is 30.9 Å². The molecule has 1 aromatic carbocycles. The third-order valence-electron chi connectivity index (χ3n) is 6.27. The maximum absolute atomic E-state index is 13.3. The van der Waals surface area contributed by atoms with E-state index in [9.17, 15) is 8.42 Å². The summed E-state index contributed by atoms with van der Waals surface area (Å²) in [5, 5.41) is -0.0156. The third kappa shape index (κ3) is 4.22. The molecule has 29 heavy (non-hydrogen) atoms. The van der Waals surface area contributed by atoms with Gasteiger partial charge >= 0.3 is 10.2 Å². The number of benzene rings is 1. The maximum Gasteiger partial charge on any atom is 0.308 e. The van der Waals surface area contributed by atoms with Crippen LogP contribution in [0.5, 0.6) is 0 Å². The van der Waals surface area contributed by atoms with Crippen molar-refractivity contribution in [1.29, 1.82) is 0 Å². The summed E-state index contributed by atoms with van der Waals surface area (Å²) in [6, 6.07) is 6.56. The fraction of sp³-hybridized carbons (Fsp3) is 0.571. The summed E-state index contributed by atoms with van der Waals surface area (Å²) in [6.07, 6.45) is 4.63. The van der Waals surface area contributed by atoms with Crippen LogP contribution in [0.25, 0.3) is 0 Å². The molecular weight excluding hydrogens is 418 g/mol. The minimum atomic E-state index is -3.66. The fourth-order valence-electron chi connectivity index (χ4n) is 3.40. The Kier molecular flexibility index (Phi) is 6.13. The molecule has 0 radical (unpaired) electrons. The molecule has 0 aliphatic carbocycles. The van der Waals surface area contributed by atoms with Crippen molar-refractivity contribution in [3.05, 3.63) is 41.2 Å². The molecule has 1 aliphatic rings. The molecule has 5 nitrogen and oxygen atoms in total. The zero-order valence-corrected chi connectivity index (χ0v) is 21.2. The Hall–Kier alpha value is -1.09. The topological polar surface area (TPSA) is 55.2 Å². The summed E-state index contributed by atoms with van der Waals surface area (Å²) in [6.45, 7) is 11.0. The van der Waals surface area contributed by atoms with Crippen LogP contribution in [0, 0.1) is 0 Å². The second-order valence-corrected chi connectivity index (χ2v) is 17.9. The first-order valence-electron chi connectivity index (χ1n) is 10.1. The molecule has 0 spiro atoms. The minimum absolute atomic E-state index is 0.0156. The first kappa shape index (κ1) is 22.6. The van der Waals surface area contributed by atoms with Crippen LogP contribution < -0.4 is 5.45 Å². The largest absolute Gasteiger partial charge is 0.308 e. The van der Waals surface area contributed by atoms with E-state index in [0.29, 0.717) is 6.42 Å². The molecule has 0 unspecified atom stereocenters. The first-order chi connectivity index (χ1) is 13.4. The highest BCUT2D eigenvalue weighted by Gasteiger charge is 2.43. The predicted molar refractivity (Wildman–Crippen MR) is 125 cm³/mol. The molecule has 2 aromatic rings. The predicted octanol–water partition coefficient (Wildman–Crippen LogP) is 3.88. The number of hydrogen-bond donors (Lipinski definition) is 0. The third-order valence-corrected chi connectivity index (χ3v) is 14.7. The van der Waals surface area contributed by atoms with Gasteiger partial charge in [-0.2, -0.15) is 12.7 Å². The van der Waals surface area contributed by atoms with Crippen LogP contribution in [0.2, 0.25) is 18.1 Å². The zero-order valence-electron chi connectivity index (χ0n) is 18.6.